The zero-order valence-corrected chi connectivity index (χ0v) is 11.6. The average molecular weight is 286 g/mol. The van der Waals surface area contributed by atoms with Gasteiger partial charge in [0.25, 0.3) is 0 Å². The van der Waals surface area contributed by atoms with E-state index in [1.54, 1.807) is 12.1 Å². The predicted octanol–water partition coefficient (Wildman–Crippen LogP) is 2.15. The monoisotopic (exact) mass is 286 g/mol. The van der Waals surface area contributed by atoms with E-state index in [2.05, 4.69) is 0 Å². The second kappa shape index (κ2) is 6.37. The summed E-state index contributed by atoms with van der Waals surface area (Å²) < 4.78 is 11.2. The molecule has 0 unspecified atom stereocenters. The van der Waals surface area contributed by atoms with E-state index >= 15 is 0 Å². The number of ether oxygens (including phenoxy) is 2. The van der Waals surface area contributed by atoms with Gasteiger partial charge in [0.2, 0.25) is 0 Å². The molecular formula is C17H18O4. The minimum atomic E-state index is -1.14. The summed E-state index contributed by atoms with van der Waals surface area (Å²) in [7, 11) is 0. The summed E-state index contributed by atoms with van der Waals surface area (Å²) in [5.74, 6) is 0. The molecule has 4 nitrogen and oxygen atoms in total. The van der Waals surface area contributed by atoms with Crippen LogP contribution < -0.4 is 0 Å². The van der Waals surface area contributed by atoms with Crippen LogP contribution in [0, 0.1) is 0 Å². The molecule has 2 aromatic carbocycles. The van der Waals surface area contributed by atoms with Crippen LogP contribution in [-0.4, -0.2) is 22.6 Å². The second-order valence-corrected chi connectivity index (χ2v) is 5.11. The van der Waals surface area contributed by atoms with Gasteiger partial charge < -0.3 is 19.7 Å². The first-order chi connectivity index (χ1) is 10.3. The number of hydrogen-bond acceptors (Lipinski definition) is 4. The Hall–Kier alpha value is -1.72. The van der Waals surface area contributed by atoms with Gasteiger partial charge in [-0.3, -0.25) is 0 Å². The van der Waals surface area contributed by atoms with Crippen molar-refractivity contribution in [2.75, 3.05) is 0 Å². The zero-order valence-electron chi connectivity index (χ0n) is 11.6. The molecule has 0 aromatic heterocycles. The van der Waals surface area contributed by atoms with Crippen molar-refractivity contribution in [3.05, 3.63) is 71.3 Å². The molecule has 0 saturated heterocycles. The van der Waals surface area contributed by atoms with E-state index in [9.17, 15) is 10.2 Å². The maximum Gasteiger partial charge on any atom is 0.187 e. The molecule has 21 heavy (non-hydrogen) atoms. The van der Waals surface area contributed by atoms with Crippen molar-refractivity contribution in [2.24, 2.45) is 0 Å². The summed E-state index contributed by atoms with van der Waals surface area (Å²) in [6, 6.07) is 16.8. The van der Waals surface area contributed by atoms with Crippen molar-refractivity contribution in [2.45, 2.75) is 31.7 Å². The largest absolute Gasteiger partial charge is 0.385 e. The number of fused-ring (bicyclic) bond motifs is 1. The normalized spacial score (nSPS) is 18.6. The van der Waals surface area contributed by atoms with Gasteiger partial charge in [0.1, 0.15) is 12.2 Å². The Morgan fingerprint density at radius 3 is 1.90 bits per heavy atom. The molecule has 0 fully saturated rings. The summed E-state index contributed by atoms with van der Waals surface area (Å²) in [4.78, 5) is 0. The number of hydrogen-bond donors (Lipinski definition) is 2. The van der Waals surface area contributed by atoms with Crippen molar-refractivity contribution < 1.29 is 19.7 Å². The molecule has 0 amide bonds. The van der Waals surface area contributed by atoms with Crippen LogP contribution in [0.15, 0.2) is 54.6 Å². The highest BCUT2D eigenvalue weighted by Crippen LogP contribution is 2.25. The number of aliphatic hydroxyl groups excluding tert-OH is 2. The highest BCUT2D eigenvalue weighted by molar-refractivity contribution is 5.26. The van der Waals surface area contributed by atoms with Gasteiger partial charge in [-0.2, -0.15) is 0 Å². The lowest BCUT2D eigenvalue weighted by Crippen LogP contribution is -2.35. The third-order valence-corrected chi connectivity index (χ3v) is 3.67. The van der Waals surface area contributed by atoms with Gasteiger partial charge in [0.05, 0.1) is 13.2 Å². The lowest BCUT2D eigenvalue weighted by atomic mass is 10.0. The lowest BCUT2D eigenvalue weighted by Gasteiger charge is -2.25. The molecule has 1 aliphatic heterocycles. The fourth-order valence-corrected chi connectivity index (χ4v) is 2.42. The first kappa shape index (κ1) is 14.2. The third-order valence-electron chi connectivity index (χ3n) is 3.67. The van der Waals surface area contributed by atoms with Gasteiger partial charge in [-0.05, 0) is 16.7 Å². The summed E-state index contributed by atoms with van der Waals surface area (Å²) in [6.07, 6.45) is -3.04. The minimum absolute atomic E-state index is 0.361. The first-order valence-electron chi connectivity index (χ1n) is 6.97. The van der Waals surface area contributed by atoms with E-state index < -0.39 is 18.5 Å². The summed E-state index contributed by atoms with van der Waals surface area (Å²) >= 11 is 0. The molecule has 3 rings (SSSR count). The van der Waals surface area contributed by atoms with Crippen LogP contribution in [0.5, 0.6) is 0 Å². The van der Waals surface area contributed by atoms with Crippen LogP contribution in [0.4, 0.5) is 0 Å². The average Bonchev–Trinajstić information content (AvgIpc) is 2.77. The van der Waals surface area contributed by atoms with Crippen LogP contribution >= 0.6 is 0 Å². The van der Waals surface area contributed by atoms with Crippen molar-refractivity contribution in [3.63, 3.8) is 0 Å². The number of aliphatic hydroxyl groups is 2. The molecule has 1 aliphatic rings. The van der Waals surface area contributed by atoms with E-state index in [1.165, 1.54) is 0 Å². The highest BCUT2D eigenvalue weighted by Gasteiger charge is 2.30. The lowest BCUT2D eigenvalue weighted by molar-refractivity contribution is -0.221. The summed E-state index contributed by atoms with van der Waals surface area (Å²) in [6.45, 7) is 0.721. The Morgan fingerprint density at radius 2 is 1.33 bits per heavy atom. The molecule has 2 aromatic rings. The standard InChI is InChI=1S/C17H18O4/c18-15(12-6-2-1-3-7-12)16(19)17-20-10-13-8-4-5-9-14(13)11-21-17/h1-9,15-19H,10-11H2/t15-,16+/m0/s1. The Morgan fingerprint density at radius 1 is 0.810 bits per heavy atom. The van der Waals surface area contributed by atoms with Crippen molar-refractivity contribution in [1.82, 2.24) is 0 Å². The first-order valence-corrected chi connectivity index (χ1v) is 6.97. The van der Waals surface area contributed by atoms with Crippen LogP contribution in [0.1, 0.15) is 22.8 Å². The molecule has 2 N–H and O–H groups in total. The van der Waals surface area contributed by atoms with Gasteiger partial charge >= 0.3 is 0 Å². The molecule has 0 aliphatic carbocycles. The van der Waals surface area contributed by atoms with E-state index in [4.69, 9.17) is 9.47 Å². The molecule has 0 radical (unpaired) electrons. The van der Waals surface area contributed by atoms with Crippen LogP contribution in [0.2, 0.25) is 0 Å². The maximum atomic E-state index is 10.3. The second-order valence-electron chi connectivity index (χ2n) is 5.11. The van der Waals surface area contributed by atoms with Crippen LogP contribution in [0.25, 0.3) is 0 Å². The number of benzene rings is 2. The maximum absolute atomic E-state index is 10.3. The Kier molecular flexibility index (Phi) is 4.31. The quantitative estimate of drug-likeness (QED) is 0.907. The van der Waals surface area contributed by atoms with E-state index in [0.717, 1.165) is 11.1 Å². The summed E-state index contributed by atoms with van der Waals surface area (Å²) in [5.41, 5.74) is 2.72. The predicted molar refractivity (Wildman–Crippen MR) is 77.2 cm³/mol. The van der Waals surface area contributed by atoms with E-state index in [-0.39, 0.29) is 0 Å². The third kappa shape index (κ3) is 3.14. The van der Waals surface area contributed by atoms with Crippen LogP contribution in [0.3, 0.4) is 0 Å². The molecule has 0 saturated carbocycles. The molecule has 1 heterocycles. The van der Waals surface area contributed by atoms with Gasteiger partial charge in [-0.25, -0.2) is 0 Å². The SMILES string of the molecule is O[C@@H](c1ccccc1)[C@@H](O)C1OCc2ccccc2CO1. The fourth-order valence-electron chi connectivity index (χ4n) is 2.42. The van der Waals surface area contributed by atoms with Crippen molar-refractivity contribution in [3.8, 4) is 0 Å². The minimum Gasteiger partial charge on any atom is -0.385 e. The number of rotatable bonds is 3. The Balaban J connectivity index is 1.71. The van der Waals surface area contributed by atoms with Gasteiger partial charge in [0, 0.05) is 0 Å². The van der Waals surface area contributed by atoms with Gasteiger partial charge in [-0.15, -0.1) is 0 Å². The fraction of sp³-hybridized carbons (Fsp3) is 0.294. The van der Waals surface area contributed by atoms with Gasteiger partial charge in [-0.1, -0.05) is 54.6 Å². The molecule has 2 atom stereocenters. The topological polar surface area (TPSA) is 58.9 Å². The molecular weight excluding hydrogens is 268 g/mol. The summed E-state index contributed by atoms with van der Waals surface area (Å²) in [5, 5.41) is 20.5. The van der Waals surface area contributed by atoms with Crippen molar-refractivity contribution in [1.29, 1.82) is 0 Å². The van der Waals surface area contributed by atoms with E-state index in [1.807, 2.05) is 42.5 Å². The van der Waals surface area contributed by atoms with Crippen molar-refractivity contribution >= 4 is 0 Å². The van der Waals surface area contributed by atoms with Gasteiger partial charge in [0.15, 0.2) is 6.29 Å². The molecule has 110 valence electrons. The highest BCUT2D eigenvalue weighted by atomic mass is 16.7. The molecule has 4 heteroatoms. The smallest absolute Gasteiger partial charge is 0.187 e. The Labute approximate surface area is 123 Å². The molecule has 0 bridgehead atoms. The van der Waals surface area contributed by atoms with E-state index in [0.29, 0.717) is 18.8 Å². The molecule has 0 spiro atoms. The van der Waals surface area contributed by atoms with Crippen LogP contribution in [-0.2, 0) is 22.7 Å². The zero-order chi connectivity index (χ0) is 14.7. The Bertz CT molecular complexity index is 557.